The Morgan fingerprint density at radius 3 is 2.97 bits per heavy atom. The second kappa shape index (κ2) is 11.0. The highest BCUT2D eigenvalue weighted by Crippen LogP contribution is 2.22. The molecule has 0 atom stereocenters. The zero-order chi connectivity index (χ0) is 21.2. The number of pyridine rings is 1. The van der Waals surface area contributed by atoms with Crippen molar-refractivity contribution in [2.75, 3.05) is 13.7 Å². The Kier molecular flexibility index (Phi) is 7.80. The third kappa shape index (κ3) is 5.81. The molecule has 4 N–H and O–H groups in total. The smallest absolute Gasteiger partial charge is 0.174 e. The first-order chi connectivity index (χ1) is 14.7. The molecule has 4 rings (SSSR count). The maximum absolute atomic E-state index is 8.29. The first-order valence-electron chi connectivity index (χ1n) is 10.0. The molecule has 3 aromatic rings. The fraction of sp³-hybridized carbons (Fsp3) is 0.429. The maximum atomic E-state index is 8.29. The summed E-state index contributed by atoms with van der Waals surface area (Å²) in [7, 11) is 1.61. The maximum Gasteiger partial charge on any atom is 0.174 e. The third-order valence-corrected chi connectivity index (χ3v) is 4.79. The van der Waals surface area contributed by atoms with E-state index in [1.54, 1.807) is 19.4 Å². The molecule has 9 nitrogen and oxygen atoms in total. The molecule has 0 unspecified atom stereocenters. The second-order valence-corrected chi connectivity index (χ2v) is 7.04. The predicted molar refractivity (Wildman–Crippen MR) is 115 cm³/mol. The van der Waals surface area contributed by atoms with Crippen molar-refractivity contribution in [2.24, 2.45) is 10.9 Å². The number of nitrogens with one attached hydrogen (secondary N) is 2. The van der Waals surface area contributed by atoms with Crippen LogP contribution in [0, 0.1) is 11.3 Å². The summed E-state index contributed by atoms with van der Waals surface area (Å²) in [4.78, 5) is 20.2. The molecule has 0 amide bonds. The van der Waals surface area contributed by atoms with Crippen molar-refractivity contribution in [3.05, 3.63) is 35.9 Å². The van der Waals surface area contributed by atoms with E-state index in [0.29, 0.717) is 24.7 Å². The molecule has 0 aliphatic heterocycles. The van der Waals surface area contributed by atoms with Gasteiger partial charge in [-0.15, -0.1) is 0 Å². The summed E-state index contributed by atoms with van der Waals surface area (Å²) in [5.74, 6) is 1.06. The van der Waals surface area contributed by atoms with Gasteiger partial charge in [-0.25, -0.2) is 9.97 Å². The Morgan fingerprint density at radius 1 is 1.37 bits per heavy atom. The van der Waals surface area contributed by atoms with E-state index in [4.69, 9.17) is 20.6 Å². The van der Waals surface area contributed by atoms with Gasteiger partial charge in [0.1, 0.15) is 22.8 Å². The number of oxime groups is 1. The number of aromatic amines is 2. The Hall–Kier alpha value is -3.38. The van der Waals surface area contributed by atoms with E-state index in [0.717, 1.165) is 34.9 Å². The Labute approximate surface area is 175 Å². The molecule has 3 aromatic heterocycles. The molecule has 0 spiro atoms. The van der Waals surface area contributed by atoms with Gasteiger partial charge in [0.15, 0.2) is 6.61 Å². The molecular formula is C21H27N7O2. The van der Waals surface area contributed by atoms with Crippen molar-refractivity contribution >= 4 is 27.9 Å². The Morgan fingerprint density at radius 2 is 2.20 bits per heavy atom. The average Bonchev–Trinajstić information content (AvgIpc) is 3.40. The number of nitrogens with zero attached hydrogens (tertiary/aromatic N) is 4. The summed E-state index contributed by atoms with van der Waals surface area (Å²) in [6, 6.07) is 4.02. The number of imidazole rings is 1. The summed E-state index contributed by atoms with van der Waals surface area (Å²) in [5.41, 5.74) is 9.54. The molecular weight excluding hydrogens is 382 g/mol. The lowest BCUT2D eigenvalue weighted by Crippen LogP contribution is -2.14. The minimum absolute atomic E-state index is 0.217. The van der Waals surface area contributed by atoms with E-state index >= 15 is 0 Å². The van der Waals surface area contributed by atoms with Crippen LogP contribution in [0.2, 0.25) is 0 Å². The van der Waals surface area contributed by atoms with E-state index in [1.165, 1.54) is 24.8 Å². The van der Waals surface area contributed by atoms with Crippen LogP contribution in [-0.2, 0) is 16.2 Å². The molecule has 1 aliphatic rings. The highest BCUT2D eigenvalue weighted by atomic mass is 16.6. The van der Waals surface area contributed by atoms with Crippen LogP contribution in [-0.4, -0.2) is 39.5 Å². The van der Waals surface area contributed by atoms with E-state index in [2.05, 4.69) is 31.2 Å². The number of hydrogen-bond donors (Lipinski definition) is 3. The van der Waals surface area contributed by atoms with Crippen LogP contribution in [0.15, 0.2) is 35.3 Å². The topological polar surface area (TPSA) is 138 Å². The van der Waals surface area contributed by atoms with Crippen molar-refractivity contribution in [1.29, 1.82) is 5.26 Å². The molecule has 30 heavy (non-hydrogen) atoms. The van der Waals surface area contributed by atoms with Crippen molar-refractivity contribution in [2.45, 2.75) is 45.1 Å². The highest BCUT2D eigenvalue weighted by Gasteiger charge is 2.08. The standard InChI is InChI=1S/C13H16N6O2.C8H11N/c1-20-5-3-10(14)19-21-7-11-17-9-6-16-13-8(2-4-15-13)12(9)18-11;9-7-6-8-4-2-1-3-5-8/h2,4,6H,3,5,7H2,1H3,(H2,14,19)(H,15,16)(H,17,18);6H,1-5H2. The number of hydrogen-bond acceptors (Lipinski definition) is 6. The summed E-state index contributed by atoms with van der Waals surface area (Å²) in [6.07, 6.45) is 12.1. The minimum Gasteiger partial charge on any atom is -0.386 e. The van der Waals surface area contributed by atoms with Gasteiger partial charge in [-0.2, -0.15) is 5.26 Å². The van der Waals surface area contributed by atoms with Gasteiger partial charge in [0.25, 0.3) is 0 Å². The number of H-pyrrole nitrogens is 2. The number of nitrogens with two attached hydrogens (primary N) is 1. The van der Waals surface area contributed by atoms with Crippen molar-refractivity contribution < 1.29 is 9.57 Å². The second-order valence-electron chi connectivity index (χ2n) is 7.04. The normalized spacial score (nSPS) is 14.3. The summed E-state index contributed by atoms with van der Waals surface area (Å²) < 4.78 is 4.91. The molecule has 9 heteroatoms. The van der Waals surface area contributed by atoms with Crippen LogP contribution in [0.4, 0.5) is 0 Å². The first-order valence-corrected chi connectivity index (χ1v) is 10.0. The molecule has 0 saturated heterocycles. The van der Waals surface area contributed by atoms with E-state index in [-0.39, 0.29) is 6.61 Å². The fourth-order valence-corrected chi connectivity index (χ4v) is 3.26. The molecule has 3 heterocycles. The zero-order valence-electron chi connectivity index (χ0n) is 17.1. The van der Waals surface area contributed by atoms with Crippen molar-refractivity contribution in [1.82, 2.24) is 19.9 Å². The number of ether oxygens (including phenoxy) is 1. The molecule has 0 bridgehead atoms. The quantitative estimate of drug-likeness (QED) is 0.246. The van der Waals surface area contributed by atoms with Gasteiger partial charge in [0.05, 0.1) is 24.4 Å². The van der Waals surface area contributed by atoms with E-state index in [1.807, 2.05) is 12.3 Å². The molecule has 1 aliphatic carbocycles. The van der Waals surface area contributed by atoms with E-state index < -0.39 is 0 Å². The van der Waals surface area contributed by atoms with Crippen LogP contribution >= 0.6 is 0 Å². The van der Waals surface area contributed by atoms with Gasteiger partial charge in [-0.3, -0.25) is 0 Å². The zero-order valence-corrected chi connectivity index (χ0v) is 17.1. The van der Waals surface area contributed by atoms with E-state index in [9.17, 15) is 0 Å². The summed E-state index contributed by atoms with van der Waals surface area (Å²) in [6.45, 7) is 0.731. The van der Waals surface area contributed by atoms with Crippen molar-refractivity contribution in [3.63, 3.8) is 0 Å². The number of rotatable bonds is 6. The number of aromatic nitrogens is 4. The number of amidine groups is 1. The van der Waals surface area contributed by atoms with Crippen molar-refractivity contribution in [3.8, 4) is 6.07 Å². The summed E-state index contributed by atoms with van der Waals surface area (Å²) in [5, 5.41) is 13.1. The first kappa shape index (κ1) is 21.3. The third-order valence-electron chi connectivity index (χ3n) is 4.79. The Balaban J connectivity index is 0.000000239. The lowest BCUT2D eigenvalue weighted by atomic mass is 9.95. The van der Waals surface area contributed by atoms with Gasteiger partial charge in [-0.05, 0) is 31.7 Å². The monoisotopic (exact) mass is 409 g/mol. The fourth-order valence-electron chi connectivity index (χ4n) is 3.26. The number of allylic oxidation sites excluding steroid dienone is 2. The van der Waals surface area contributed by atoms with Gasteiger partial charge in [-0.1, -0.05) is 17.1 Å². The molecule has 0 radical (unpaired) electrons. The molecule has 158 valence electrons. The largest absolute Gasteiger partial charge is 0.386 e. The van der Waals surface area contributed by atoms with Crippen LogP contribution in [0.5, 0.6) is 0 Å². The number of fused-ring (bicyclic) bond motifs is 3. The Bertz CT molecular complexity index is 1050. The minimum atomic E-state index is 0.217. The molecule has 1 fully saturated rings. The van der Waals surface area contributed by atoms with Crippen LogP contribution in [0.1, 0.15) is 44.3 Å². The lowest BCUT2D eigenvalue weighted by molar-refractivity contribution is 0.123. The van der Waals surface area contributed by atoms with Crippen LogP contribution in [0.25, 0.3) is 22.1 Å². The average molecular weight is 409 g/mol. The van der Waals surface area contributed by atoms with Gasteiger partial charge < -0.3 is 25.3 Å². The SMILES string of the molecule is COCC/C(N)=N/OCc1nc2c(cnc3[nH]ccc32)[nH]1.N#CC=C1CCCCC1. The molecule has 0 aromatic carbocycles. The van der Waals surface area contributed by atoms with Gasteiger partial charge in [0, 0.05) is 31.2 Å². The lowest BCUT2D eigenvalue weighted by Gasteiger charge is -2.10. The summed E-state index contributed by atoms with van der Waals surface area (Å²) >= 11 is 0. The predicted octanol–water partition coefficient (Wildman–Crippen LogP) is 3.66. The van der Waals surface area contributed by atoms with Crippen LogP contribution < -0.4 is 5.73 Å². The highest BCUT2D eigenvalue weighted by molar-refractivity contribution is 6.00. The molecule has 1 saturated carbocycles. The van der Waals surface area contributed by atoms with Crippen LogP contribution in [0.3, 0.4) is 0 Å². The number of nitriles is 1. The van der Waals surface area contributed by atoms with Gasteiger partial charge in [0.2, 0.25) is 0 Å². The number of methoxy groups -OCH3 is 1. The van der Waals surface area contributed by atoms with Gasteiger partial charge >= 0.3 is 0 Å².